The highest BCUT2D eigenvalue weighted by molar-refractivity contribution is 9.10. The Morgan fingerprint density at radius 2 is 2.20 bits per heavy atom. The topological polar surface area (TPSA) is 9.23 Å². The van der Waals surface area contributed by atoms with E-state index < -0.39 is 0 Å². The molecule has 0 atom stereocenters. The van der Waals surface area contributed by atoms with Crippen LogP contribution in [0.15, 0.2) is 27.6 Å². The van der Waals surface area contributed by atoms with E-state index in [4.69, 9.17) is 4.74 Å². The minimum Gasteiger partial charge on any atom is -0.495 e. The van der Waals surface area contributed by atoms with Crippen molar-refractivity contribution >= 4 is 33.8 Å². The molecule has 0 amide bonds. The van der Waals surface area contributed by atoms with Crippen molar-refractivity contribution in [3.05, 3.63) is 28.2 Å². The van der Waals surface area contributed by atoms with Gasteiger partial charge in [0.05, 0.1) is 11.6 Å². The quantitative estimate of drug-likeness (QED) is 0.748. The van der Waals surface area contributed by atoms with Gasteiger partial charge in [0, 0.05) is 10.5 Å². The Hall–Kier alpha value is -0.410. The number of ether oxygens (including phenoxy) is 1. The number of benzene rings is 1. The maximum Gasteiger partial charge on any atom is 0.140 e. The van der Waals surface area contributed by atoms with Gasteiger partial charge in [-0.15, -0.1) is 11.8 Å². The number of rotatable bonds is 4. The van der Waals surface area contributed by atoms with Gasteiger partial charge in [-0.1, -0.05) is 19.1 Å². The first-order chi connectivity index (χ1) is 7.22. The minimum atomic E-state index is 0.900. The van der Waals surface area contributed by atoms with Gasteiger partial charge in [-0.25, -0.2) is 0 Å². The zero-order valence-electron chi connectivity index (χ0n) is 9.21. The third-order valence-electron chi connectivity index (χ3n) is 2.02. The van der Waals surface area contributed by atoms with Crippen LogP contribution in [0.5, 0.6) is 5.75 Å². The summed E-state index contributed by atoms with van der Waals surface area (Å²) in [6.07, 6.45) is 7.34. The summed E-state index contributed by atoms with van der Waals surface area (Å²) in [5.74, 6) is 0.900. The highest BCUT2D eigenvalue weighted by Crippen LogP contribution is 2.34. The Balaban J connectivity index is 3.19. The molecule has 0 bridgehead atoms. The molecule has 0 aliphatic carbocycles. The van der Waals surface area contributed by atoms with E-state index in [1.807, 2.05) is 0 Å². The van der Waals surface area contributed by atoms with E-state index in [9.17, 15) is 0 Å². The number of allylic oxidation sites excluding steroid dienone is 1. The van der Waals surface area contributed by atoms with Crippen LogP contribution in [0.25, 0.3) is 6.08 Å². The molecular formula is C12H15BrOS. The largest absolute Gasteiger partial charge is 0.495 e. The van der Waals surface area contributed by atoms with Crippen LogP contribution in [0.4, 0.5) is 0 Å². The fourth-order valence-electron chi connectivity index (χ4n) is 1.29. The number of halogens is 1. The van der Waals surface area contributed by atoms with Gasteiger partial charge in [-0.05, 0) is 40.7 Å². The van der Waals surface area contributed by atoms with E-state index in [2.05, 4.69) is 53.4 Å². The van der Waals surface area contributed by atoms with E-state index in [0.29, 0.717) is 0 Å². The summed E-state index contributed by atoms with van der Waals surface area (Å²) < 4.78 is 6.37. The van der Waals surface area contributed by atoms with Gasteiger partial charge in [0.1, 0.15) is 5.75 Å². The standard InChI is InChI=1S/C12H15BrOS/c1-4-5-6-9-7-10(15-3)8-11(13)12(9)14-2/h5-8H,4H2,1-3H3/b6-5-. The molecule has 3 heteroatoms. The predicted molar refractivity (Wildman–Crippen MR) is 71.8 cm³/mol. The molecule has 0 unspecified atom stereocenters. The predicted octanol–water partition coefficient (Wildman–Crippen LogP) is 4.60. The molecule has 0 saturated heterocycles. The van der Waals surface area contributed by atoms with Crippen molar-refractivity contribution in [1.82, 2.24) is 0 Å². The van der Waals surface area contributed by atoms with Crippen molar-refractivity contribution in [3.8, 4) is 5.75 Å². The Morgan fingerprint density at radius 1 is 1.47 bits per heavy atom. The molecule has 1 rings (SSSR count). The summed E-state index contributed by atoms with van der Waals surface area (Å²) in [7, 11) is 1.70. The molecule has 0 N–H and O–H groups in total. The highest BCUT2D eigenvalue weighted by Gasteiger charge is 2.07. The van der Waals surface area contributed by atoms with Gasteiger partial charge in [0.2, 0.25) is 0 Å². The highest BCUT2D eigenvalue weighted by atomic mass is 79.9. The van der Waals surface area contributed by atoms with Crippen LogP contribution in [-0.2, 0) is 0 Å². The fraction of sp³-hybridized carbons (Fsp3) is 0.333. The smallest absolute Gasteiger partial charge is 0.140 e. The Bertz CT molecular complexity index is 361. The van der Waals surface area contributed by atoms with Crippen LogP contribution in [0.1, 0.15) is 18.9 Å². The third-order valence-corrected chi connectivity index (χ3v) is 3.31. The molecule has 0 heterocycles. The third kappa shape index (κ3) is 3.28. The zero-order chi connectivity index (χ0) is 11.3. The summed E-state index contributed by atoms with van der Waals surface area (Å²) in [4.78, 5) is 1.23. The minimum absolute atomic E-state index is 0.900. The molecule has 1 aromatic carbocycles. The molecular weight excluding hydrogens is 272 g/mol. The summed E-state index contributed by atoms with van der Waals surface area (Å²) in [5, 5.41) is 0. The molecule has 0 spiro atoms. The van der Waals surface area contributed by atoms with Gasteiger partial charge in [-0.2, -0.15) is 0 Å². The lowest BCUT2D eigenvalue weighted by molar-refractivity contribution is 0.411. The van der Waals surface area contributed by atoms with Gasteiger partial charge >= 0.3 is 0 Å². The molecule has 0 aromatic heterocycles. The van der Waals surface area contributed by atoms with Crippen molar-refractivity contribution in [2.24, 2.45) is 0 Å². The lowest BCUT2D eigenvalue weighted by Crippen LogP contribution is -1.89. The average molecular weight is 287 g/mol. The summed E-state index contributed by atoms with van der Waals surface area (Å²) in [6, 6.07) is 4.22. The van der Waals surface area contributed by atoms with Crippen LogP contribution in [0, 0.1) is 0 Å². The number of hydrogen-bond donors (Lipinski definition) is 0. The van der Waals surface area contributed by atoms with E-state index >= 15 is 0 Å². The first-order valence-corrected chi connectivity index (χ1v) is 6.82. The fourth-order valence-corrected chi connectivity index (χ4v) is 2.56. The Kier molecular flexibility index (Phi) is 5.26. The van der Waals surface area contributed by atoms with Crippen molar-refractivity contribution in [3.63, 3.8) is 0 Å². The van der Waals surface area contributed by atoms with Crippen LogP contribution >= 0.6 is 27.7 Å². The lowest BCUT2D eigenvalue weighted by atomic mass is 10.2. The van der Waals surface area contributed by atoms with Gasteiger partial charge in [0.25, 0.3) is 0 Å². The molecule has 0 aliphatic rings. The van der Waals surface area contributed by atoms with Crippen LogP contribution in [-0.4, -0.2) is 13.4 Å². The van der Waals surface area contributed by atoms with Crippen molar-refractivity contribution in [2.45, 2.75) is 18.2 Å². The second kappa shape index (κ2) is 6.23. The summed E-state index contributed by atoms with van der Waals surface area (Å²) in [5.41, 5.74) is 1.12. The first kappa shape index (κ1) is 12.7. The van der Waals surface area contributed by atoms with E-state index in [0.717, 1.165) is 22.2 Å². The van der Waals surface area contributed by atoms with Gasteiger partial charge in [-0.3, -0.25) is 0 Å². The Morgan fingerprint density at radius 3 is 2.73 bits per heavy atom. The lowest BCUT2D eigenvalue weighted by Gasteiger charge is -2.09. The SMILES string of the molecule is CC/C=C\c1cc(SC)cc(Br)c1OC. The van der Waals surface area contributed by atoms with Crippen LogP contribution in [0.3, 0.4) is 0 Å². The summed E-state index contributed by atoms with van der Waals surface area (Å²) in [6.45, 7) is 2.12. The van der Waals surface area contributed by atoms with Gasteiger partial charge < -0.3 is 4.74 Å². The maximum absolute atomic E-state index is 5.37. The van der Waals surface area contributed by atoms with Crippen molar-refractivity contribution < 1.29 is 4.74 Å². The van der Waals surface area contributed by atoms with E-state index in [1.54, 1.807) is 18.9 Å². The summed E-state index contributed by atoms with van der Waals surface area (Å²) >= 11 is 5.25. The molecule has 0 fully saturated rings. The zero-order valence-corrected chi connectivity index (χ0v) is 11.6. The molecule has 0 aliphatic heterocycles. The van der Waals surface area contributed by atoms with Crippen LogP contribution in [0.2, 0.25) is 0 Å². The molecule has 0 radical (unpaired) electrons. The van der Waals surface area contributed by atoms with Crippen LogP contribution < -0.4 is 4.74 Å². The Labute approximate surface area is 104 Å². The molecule has 0 saturated carbocycles. The number of methoxy groups -OCH3 is 1. The number of thioether (sulfide) groups is 1. The molecule has 1 aromatic rings. The second-order valence-electron chi connectivity index (χ2n) is 3.04. The maximum atomic E-state index is 5.37. The first-order valence-electron chi connectivity index (χ1n) is 4.81. The van der Waals surface area contributed by atoms with Gasteiger partial charge in [0.15, 0.2) is 0 Å². The van der Waals surface area contributed by atoms with Crippen molar-refractivity contribution in [1.29, 1.82) is 0 Å². The van der Waals surface area contributed by atoms with Crippen molar-refractivity contribution in [2.75, 3.05) is 13.4 Å². The second-order valence-corrected chi connectivity index (χ2v) is 4.78. The molecule has 82 valence electrons. The molecule has 1 nitrogen and oxygen atoms in total. The number of hydrogen-bond acceptors (Lipinski definition) is 2. The molecule has 15 heavy (non-hydrogen) atoms. The normalized spacial score (nSPS) is 10.9. The van der Waals surface area contributed by atoms with E-state index in [-0.39, 0.29) is 0 Å². The average Bonchev–Trinajstić information content (AvgIpc) is 2.25. The van der Waals surface area contributed by atoms with E-state index in [1.165, 1.54) is 4.90 Å². The monoisotopic (exact) mass is 286 g/mol.